The van der Waals surface area contributed by atoms with Crippen molar-refractivity contribution in [2.45, 2.75) is 79.8 Å². The number of hydrogen-bond acceptors (Lipinski definition) is 6. The van der Waals surface area contributed by atoms with Crippen molar-refractivity contribution < 1.29 is 9.47 Å². The Morgan fingerprint density at radius 2 is 1.55 bits per heavy atom. The van der Waals surface area contributed by atoms with Crippen LogP contribution in [0.4, 0.5) is 0 Å². The van der Waals surface area contributed by atoms with Crippen molar-refractivity contribution in [1.29, 1.82) is 15.8 Å². The molecule has 0 aliphatic carbocycles. The van der Waals surface area contributed by atoms with Crippen LogP contribution in [0.1, 0.15) is 82.6 Å². The third-order valence-corrected chi connectivity index (χ3v) is 7.67. The third kappa shape index (κ3) is 8.89. The van der Waals surface area contributed by atoms with Gasteiger partial charge in [-0.2, -0.15) is 15.8 Å². The predicted octanol–water partition coefficient (Wildman–Crippen LogP) is 9.15. The van der Waals surface area contributed by atoms with Gasteiger partial charge in [0.15, 0.2) is 11.3 Å². The minimum absolute atomic E-state index is 0.0398. The van der Waals surface area contributed by atoms with Crippen LogP contribution in [-0.2, 0) is 9.47 Å². The van der Waals surface area contributed by atoms with Crippen molar-refractivity contribution in [3.8, 4) is 18.2 Å². The average molecular weight is 591 g/mol. The molecular formula is C38H46N4O2. The Morgan fingerprint density at radius 1 is 0.977 bits per heavy atom. The lowest BCUT2D eigenvalue weighted by atomic mass is 9.93. The van der Waals surface area contributed by atoms with Crippen LogP contribution in [0.5, 0.6) is 0 Å². The van der Waals surface area contributed by atoms with Crippen molar-refractivity contribution >= 4 is 12.2 Å². The quantitative estimate of drug-likeness (QED) is 0.122. The standard InChI is InChI=1S/C38H46N4O2/c1-10-13-19-42(20-14-11-2)29(6)23-36(43-9)30(12-3)15-16-31-21-28(5)32(22-27(31)4)17-18-35-34(26-41)37(33(24-39)25-40)44-38(35,7)8/h12,15-18,21-23H,6,10-11,13-14,19-20H2,1-5,7-9H3/b16-15+,18-17+,30-12-,36-23+. The molecule has 1 aliphatic heterocycles. The van der Waals surface area contributed by atoms with Crippen LogP contribution in [0.3, 0.4) is 0 Å². The molecule has 0 unspecified atom stereocenters. The Labute approximate surface area is 264 Å². The van der Waals surface area contributed by atoms with Gasteiger partial charge in [0, 0.05) is 36.0 Å². The van der Waals surface area contributed by atoms with E-state index < -0.39 is 5.60 Å². The normalized spacial score (nSPS) is 14.8. The van der Waals surface area contributed by atoms with E-state index in [1.807, 2.05) is 64.1 Å². The van der Waals surface area contributed by atoms with Crippen LogP contribution in [0, 0.1) is 47.8 Å². The number of aryl methyl sites for hydroxylation is 2. The van der Waals surface area contributed by atoms with E-state index in [9.17, 15) is 15.8 Å². The van der Waals surface area contributed by atoms with Gasteiger partial charge in [0.25, 0.3) is 0 Å². The molecule has 0 N–H and O–H groups in total. The van der Waals surface area contributed by atoms with E-state index in [4.69, 9.17) is 9.47 Å². The van der Waals surface area contributed by atoms with Gasteiger partial charge >= 0.3 is 0 Å². The van der Waals surface area contributed by atoms with Crippen LogP contribution < -0.4 is 0 Å². The molecule has 0 atom stereocenters. The number of ether oxygens (including phenoxy) is 2. The molecule has 1 aromatic rings. The predicted molar refractivity (Wildman–Crippen MR) is 179 cm³/mol. The summed E-state index contributed by atoms with van der Waals surface area (Å²) in [7, 11) is 1.69. The fourth-order valence-electron chi connectivity index (χ4n) is 4.98. The third-order valence-electron chi connectivity index (χ3n) is 7.67. The first-order valence-electron chi connectivity index (χ1n) is 15.2. The van der Waals surface area contributed by atoms with Gasteiger partial charge in [-0.3, -0.25) is 0 Å². The first-order valence-corrected chi connectivity index (χ1v) is 15.2. The number of nitriles is 3. The molecule has 0 saturated carbocycles. The zero-order valence-corrected chi connectivity index (χ0v) is 27.7. The molecule has 2 rings (SSSR count). The number of nitrogens with zero attached hydrogens (tertiary/aromatic N) is 4. The largest absolute Gasteiger partial charge is 0.496 e. The average Bonchev–Trinajstić information content (AvgIpc) is 3.26. The van der Waals surface area contributed by atoms with Gasteiger partial charge in [-0.25, -0.2) is 0 Å². The van der Waals surface area contributed by atoms with Crippen molar-refractivity contribution in [2.75, 3.05) is 20.2 Å². The van der Waals surface area contributed by atoms with Gasteiger partial charge < -0.3 is 14.4 Å². The smallest absolute Gasteiger partial charge is 0.172 e. The van der Waals surface area contributed by atoms with Crippen molar-refractivity contribution in [1.82, 2.24) is 4.90 Å². The molecule has 1 heterocycles. The van der Waals surface area contributed by atoms with E-state index in [1.54, 1.807) is 7.11 Å². The summed E-state index contributed by atoms with van der Waals surface area (Å²) in [5.74, 6) is 0.811. The second kappa shape index (κ2) is 16.8. The minimum Gasteiger partial charge on any atom is -0.496 e. The summed E-state index contributed by atoms with van der Waals surface area (Å²) < 4.78 is 11.7. The number of methoxy groups -OCH3 is 1. The van der Waals surface area contributed by atoms with E-state index >= 15 is 0 Å². The van der Waals surface area contributed by atoms with Gasteiger partial charge in [0.1, 0.15) is 35.1 Å². The van der Waals surface area contributed by atoms with Crippen LogP contribution >= 0.6 is 0 Å². The molecule has 0 saturated heterocycles. The van der Waals surface area contributed by atoms with E-state index in [0.29, 0.717) is 5.57 Å². The second-order valence-corrected chi connectivity index (χ2v) is 11.3. The summed E-state index contributed by atoms with van der Waals surface area (Å²) in [6.07, 6.45) is 16.6. The molecule has 6 nitrogen and oxygen atoms in total. The fourth-order valence-corrected chi connectivity index (χ4v) is 4.98. The molecule has 0 bridgehead atoms. The number of rotatable bonds is 14. The van der Waals surface area contributed by atoms with E-state index in [-0.39, 0.29) is 16.9 Å². The van der Waals surface area contributed by atoms with Crippen molar-refractivity contribution in [2.24, 2.45) is 0 Å². The highest BCUT2D eigenvalue weighted by Crippen LogP contribution is 2.40. The summed E-state index contributed by atoms with van der Waals surface area (Å²) >= 11 is 0. The lowest BCUT2D eigenvalue weighted by molar-refractivity contribution is 0.0954. The lowest BCUT2D eigenvalue weighted by Crippen LogP contribution is -2.24. The first kappa shape index (κ1) is 35.5. The molecule has 0 spiro atoms. The Morgan fingerprint density at radius 3 is 2.02 bits per heavy atom. The van der Waals surface area contributed by atoms with E-state index in [0.717, 1.165) is 78.1 Å². The number of allylic oxidation sites excluding steroid dienone is 5. The molecule has 1 aliphatic rings. The summed E-state index contributed by atoms with van der Waals surface area (Å²) in [5.41, 5.74) is 5.94. The first-order chi connectivity index (χ1) is 21.0. The number of hydrogen-bond donors (Lipinski definition) is 0. The summed E-state index contributed by atoms with van der Waals surface area (Å²) in [4.78, 5) is 2.35. The number of unbranched alkanes of at least 4 members (excludes halogenated alkanes) is 2. The maximum atomic E-state index is 9.83. The maximum Gasteiger partial charge on any atom is 0.172 e. The Kier molecular flexibility index (Phi) is 13.5. The Balaban J connectivity index is 2.39. The van der Waals surface area contributed by atoms with Crippen LogP contribution in [0.25, 0.3) is 12.2 Å². The summed E-state index contributed by atoms with van der Waals surface area (Å²) in [5, 5.41) is 28.5. The highest BCUT2D eigenvalue weighted by molar-refractivity contribution is 5.68. The Bertz CT molecular complexity index is 1520. The van der Waals surface area contributed by atoms with Crippen molar-refractivity contribution in [3.05, 3.63) is 105 Å². The molecule has 6 heteroatoms. The monoisotopic (exact) mass is 590 g/mol. The molecule has 0 radical (unpaired) electrons. The molecule has 0 amide bonds. The zero-order chi connectivity index (χ0) is 32.9. The molecule has 0 aromatic heterocycles. The SMILES string of the molecule is C=C(\C=C(OC)/C(=C\C)/C=C/c1cc(C)c(/C=C/C2=C(C#N)C(=C(C#N)C#N)OC2(C)C)cc1C)N(CCCC)CCCC. The highest BCUT2D eigenvalue weighted by atomic mass is 16.5. The van der Waals surface area contributed by atoms with Gasteiger partial charge in [0.05, 0.1) is 7.11 Å². The summed E-state index contributed by atoms with van der Waals surface area (Å²) in [6, 6.07) is 10.0. The highest BCUT2D eigenvalue weighted by Gasteiger charge is 2.38. The zero-order valence-electron chi connectivity index (χ0n) is 27.7. The van der Waals surface area contributed by atoms with Gasteiger partial charge in [-0.05, 0) is 69.7 Å². The fraction of sp³-hybridized carbons (Fsp3) is 0.395. The van der Waals surface area contributed by atoms with E-state index in [1.165, 1.54) is 0 Å². The van der Waals surface area contributed by atoms with Crippen molar-refractivity contribution in [3.63, 3.8) is 0 Å². The Hall–Kier alpha value is -4.73. The molecule has 230 valence electrons. The van der Waals surface area contributed by atoms with Crippen LogP contribution in [0.15, 0.2) is 82.5 Å². The van der Waals surface area contributed by atoms with Gasteiger partial charge in [-0.1, -0.05) is 75.8 Å². The van der Waals surface area contributed by atoms with Crippen LogP contribution in [-0.4, -0.2) is 30.7 Å². The topological polar surface area (TPSA) is 93.1 Å². The van der Waals surface area contributed by atoms with Gasteiger partial charge in [0.2, 0.25) is 0 Å². The molecule has 0 fully saturated rings. The summed E-state index contributed by atoms with van der Waals surface area (Å²) in [6.45, 7) is 20.5. The van der Waals surface area contributed by atoms with E-state index in [2.05, 4.69) is 62.6 Å². The van der Waals surface area contributed by atoms with Crippen LogP contribution in [0.2, 0.25) is 0 Å². The molecule has 1 aromatic carbocycles. The lowest BCUT2D eigenvalue weighted by Gasteiger charge is -2.25. The maximum absolute atomic E-state index is 9.83. The molecular weight excluding hydrogens is 544 g/mol. The molecule has 44 heavy (non-hydrogen) atoms. The number of benzene rings is 1. The van der Waals surface area contributed by atoms with Gasteiger partial charge in [-0.15, -0.1) is 0 Å². The second-order valence-electron chi connectivity index (χ2n) is 11.3. The minimum atomic E-state index is -0.856.